The second kappa shape index (κ2) is 12.9. The molecule has 7 nitrogen and oxygen atoms in total. The number of hydrogen-bond acceptors (Lipinski definition) is 5. The summed E-state index contributed by atoms with van der Waals surface area (Å²) in [5.41, 5.74) is 0.225. The third-order valence-electron chi connectivity index (χ3n) is 7.82. The molecule has 1 unspecified atom stereocenters. The van der Waals surface area contributed by atoms with Gasteiger partial charge in [0.2, 0.25) is 0 Å². The number of carboxylic acid groups (broad SMARTS) is 1. The van der Waals surface area contributed by atoms with Crippen molar-refractivity contribution in [3.8, 4) is 11.1 Å². The minimum Gasteiger partial charge on any atom is -0.478 e. The zero-order valence-corrected chi connectivity index (χ0v) is 23.1. The van der Waals surface area contributed by atoms with Crippen molar-refractivity contribution in [3.63, 3.8) is 0 Å². The van der Waals surface area contributed by atoms with Gasteiger partial charge >= 0.3 is 18.1 Å². The van der Waals surface area contributed by atoms with Gasteiger partial charge in [0.1, 0.15) is 12.4 Å². The molecule has 1 fully saturated rings. The zero-order valence-electron chi connectivity index (χ0n) is 23.1. The average Bonchev–Trinajstić information content (AvgIpc) is 3.21. The maximum atomic E-state index is 14.1. The Morgan fingerprint density at radius 1 is 1.10 bits per heavy atom. The molecular weight excluding hydrogens is 537 g/mol. The Balaban J connectivity index is 1.67. The van der Waals surface area contributed by atoms with Crippen LogP contribution < -0.4 is 0 Å². The average molecular weight is 573 g/mol. The number of hydrogen-bond donors (Lipinski definition) is 1. The number of esters is 1. The summed E-state index contributed by atoms with van der Waals surface area (Å²) in [7, 11) is 0. The van der Waals surface area contributed by atoms with Gasteiger partial charge in [-0.15, -0.1) is 0 Å². The molecule has 2 aromatic rings. The van der Waals surface area contributed by atoms with E-state index in [1.54, 1.807) is 12.1 Å². The highest BCUT2D eigenvalue weighted by Crippen LogP contribution is 2.38. The summed E-state index contributed by atoms with van der Waals surface area (Å²) in [4.78, 5) is 44.1. The predicted molar refractivity (Wildman–Crippen MR) is 147 cm³/mol. The lowest BCUT2D eigenvalue weighted by Crippen LogP contribution is -2.48. The second-order valence-corrected chi connectivity index (χ2v) is 10.9. The molecule has 1 N–H and O–H groups in total. The van der Waals surface area contributed by atoms with Gasteiger partial charge in [0.25, 0.3) is 5.91 Å². The van der Waals surface area contributed by atoms with Gasteiger partial charge in [0.05, 0.1) is 12.1 Å². The molecule has 1 amide bonds. The van der Waals surface area contributed by atoms with Crippen LogP contribution in [-0.2, 0) is 20.9 Å². The minimum absolute atomic E-state index is 0.00361. The van der Waals surface area contributed by atoms with E-state index in [2.05, 4.69) is 4.74 Å². The van der Waals surface area contributed by atoms with Crippen LogP contribution in [0.1, 0.15) is 80.6 Å². The standard InChI is InChI=1S/C31H35F3N2O5/c1-2-3-14-26-35-30(18-21-10-6-4-7-11-21,20-41-29(40)31(32,33)34)28(39)36(26)19-22-15-16-24(25(17-22)27(37)38)23-12-8-5-9-13-23/h5,8-9,12-13,15-17,21H,2-4,6-7,10-11,14,18-20H2,1H3,(H,37,38). The first-order valence-corrected chi connectivity index (χ1v) is 14.1. The number of nitrogens with zero attached hydrogens (tertiary/aromatic N) is 2. The van der Waals surface area contributed by atoms with Crippen LogP contribution in [0.5, 0.6) is 0 Å². The number of carbonyl (C=O) groups excluding carboxylic acids is 2. The smallest absolute Gasteiger partial charge is 0.478 e. The van der Waals surface area contributed by atoms with Crippen molar-refractivity contribution in [2.24, 2.45) is 10.9 Å². The van der Waals surface area contributed by atoms with Crippen molar-refractivity contribution in [2.75, 3.05) is 6.61 Å². The lowest BCUT2D eigenvalue weighted by Gasteiger charge is -2.31. The molecule has 1 aliphatic heterocycles. The van der Waals surface area contributed by atoms with E-state index in [1.165, 1.54) is 11.0 Å². The van der Waals surface area contributed by atoms with Gasteiger partial charge in [-0.3, -0.25) is 14.7 Å². The maximum Gasteiger partial charge on any atom is 0.490 e. The van der Waals surface area contributed by atoms with Crippen LogP contribution in [0.3, 0.4) is 0 Å². The van der Waals surface area contributed by atoms with Gasteiger partial charge in [-0.05, 0) is 41.5 Å². The van der Waals surface area contributed by atoms with Crippen LogP contribution in [-0.4, -0.2) is 52.0 Å². The van der Waals surface area contributed by atoms with Crippen molar-refractivity contribution >= 4 is 23.7 Å². The Bertz CT molecular complexity index is 1290. The van der Waals surface area contributed by atoms with Crippen molar-refractivity contribution in [1.82, 2.24) is 4.90 Å². The fourth-order valence-electron chi connectivity index (χ4n) is 5.75. The summed E-state index contributed by atoms with van der Waals surface area (Å²) < 4.78 is 43.7. The fourth-order valence-corrected chi connectivity index (χ4v) is 5.75. The molecule has 0 saturated heterocycles. The molecule has 1 atom stereocenters. The van der Waals surface area contributed by atoms with E-state index in [1.807, 2.05) is 37.3 Å². The number of carboxylic acids is 1. The monoisotopic (exact) mass is 572 g/mol. The van der Waals surface area contributed by atoms with E-state index in [9.17, 15) is 32.7 Å². The molecule has 41 heavy (non-hydrogen) atoms. The zero-order chi connectivity index (χ0) is 29.6. The number of aromatic carboxylic acids is 1. The van der Waals surface area contributed by atoms with E-state index >= 15 is 0 Å². The largest absolute Gasteiger partial charge is 0.490 e. The lowest BCUT2D eigenvalue weighted by atomic mass is 9.79. The SMILES string of the molecule is CCCCC1=NC(COC(=O)C(F)(F)F)(CC2CCCCC2)C(=O)N1Cc1ccc(-c2ccccc2)c(C(=O)O)c1. The first-order valence-electron chi connectivity index (χ1n) is 14.1. The molecule has 0 spiro atoms. The molecule has 4 rings (SSSR count). The Morgan fingerprint density at radius 2 is 1.80 bits per heavy atom. The molecule has 1 heterocycles. The number of carbonyl (C=O) groups is 3. The highest BCUT2D eigenvalue weighted by Gasteiger charge is 2.52. The van der Waals surface area contributed by atoms with Crippen LogP contribution in [0.4, 0.5) is 13.2 Å². The van der Waals surface area contributed by atoms with E-state index in [4.69, 9.17) is 4.99 Å². The molecule has 10 heteroatoms. The van der Waals surface area contributed by atoms with E-state index in [-0.39, 0.29) is 24.4 Å². The predicted octanol–water partition coefficient (Wildman–Crippen LogP) is 6.80. The third kappa shape index (κ3) is 7.15. The number of alkyl halides is 3. The quantitative estimate of drug-likeness (QED) is 0.299. The Labute approximate surface area is 237 Å². The van der Waals surface area contributed by atoms with E-state index in [0.29, 0.717) is 29.8 Å². The summed E-state index contributed by atoms with van der Waals surface area (Å²) in [6, 6.07) is 14.0. The molecule has 220 valence electrons. The minimum atomic E-state index is -5.18. The van der Waals surface area contributed by atoms with E-state index in [0.717, 1.165) is 44.1 Å². The highest BCUT2D eigenvalue weighted by molar-refractivity contribution is 6.08. The highest BCUT2D eigenvalue weighted by atomic mass is 19.4. The van der Waals surface area contributed by atoms with Crippen LogP contribution in [0.25, 0.3) is 11.1 Å². The fraction of sp³-hybridized carbons (Fsp3) is 0.484. The summed E-state index contributed by atoms with van der Waals surface area (Å²) in [5.74, 6) is -3.51. The normalized spacial score (nSPS) is 19.8. The summed E-state index contributed by atoms with van der Waals surface area (Å²) in [6.07, 6.45) is 1.53. The third-order valence-corrected chi connectivity index (χ3v) is 7.82. The number of ether oxygens (including phenoxy) is 1. The molecule has 0 radical (unpaired) electrons. The van der Waals surface area contributed by atoms with Crippen LogP contribution >= 0.6 is 0 Å². The number of benzene rings is 2. The van der Waals surface area contributed by atoms with Gasteiger partial charge < -0.3 is 9.84 Å². The van der Waals surface area contributed by atoms with Crippen molar-refractivity contribution in [1.29, 1.82) is 0 Å². The summed E-state index contributed by atoms with van der Waals surface area (Å²) in [5, 5.41) is 9.94. The Morgan fingerprint density at radius 3 is 2.44 bits per heavy atom. The maximum absolute atomic E-state index is 14.1. The molecule has 1 saturated carbocycles. The number of rotatable bonds is 11. The number of unbranched alkanes of at least 4 members (excludes halogenated alkanes) is 1. The van der Waals surface area contributed by atoms with Gasteiger partial charge in [-0.25, -0.2) is 9.59 Å². The number of halogens is 3. The van der Waals surface area contributed by atoms with E-state index < -0.39 is 36.2 Å². The van der Waals surface area contributed by atoms with Crippen LogP contribution in [0.2, 0.25) is 0 Å². The van der Waals surface area contributed by atoms with Gasteiger partial charge in [0, 0.05) is 6.42 Å². The van der Waals surface area contributed by atoms with Crippen molar-refractivity contribution in [2.45, 2.75) is 83.0 Å². The topological polar surface area (TPSA) is 96.3 Å². The van der Waals surface area contributed by atoms with Crippen molar-refractivity contribution < 1.29 is 37.4 Å². The number of aliphatic imine (C=N–C) groups is 1. The second-order valence-electron chi connectivity index (χ2n) is 10.9. The molecular formula is C31H35F3N2O5. The van der Waals surface area contributed by atoms with Crippen LogP contribution in [0, 0.1) is 5.92 Å². The molecule has 2 aliphatic rings. The summed E-state index contributed by atoms with van der Waals surface area (Å²) >= 11 is 0. The Kier molecular flexibility index (Phi) is 9.50. The van der Waals surface area contributed by atoms with Gasteiger partial charge in [-0.1, -0.05) is 87.9 Å². The van der Waals surface area contributed by atoms with Crippen LogP contribution in [0.15, 0.2) is 53.5 Å². The lowest BCUT2D eigenvalue weighted by molar-refractivity contribution is -0.201. The van der Waals surface area contributed by atoms with Gasteiger partial charge in [0.15, 0.2) is 5.54 Å². The Hall–Kier alpha value is -3.69. The van der Waals surface area contributed by atoms with Gasteiger partial charge in [-0.2, -0.15) is 13.2 Å². The molecule has 0 aromatic heterocycles. The first kappa shape index (κ1) is 30.3. The summed E-state index contributed by atoms with van der Waals surface area (Å²) in [6.45, 7) is 1.18. The number of amides is 1. The van der Waals surface area contributed by atoms with Crippen molar-refractivity contribution in [3.05, 3.63) is 59.7 Å². The molecule has 0 bridgehead atoms. The molecule has 2 aromatic carbocycles. The molecule has 1 aliphatic carbocycles. The first-order chi connectivity index (χ1) is 19.5. The number of amidine groups is 1.